The average Bonchev–Trinajstić information content (AvgIpc) is 2.62. The van der Waals surface area contributed by atoms with Crippen LogP contribution in [-0.2, 0) is 4.79 Å². The van der Waals surface area contributed by atoms with E-state index in [1.165, 1.54) is 18.2 Å². The van der Waals surface area contributed by atoms with Crippen LogP contribution < -0.4 is 14.8 Å². The molecule has 0 aliphatic carbocycles. The molecule has 0 heterocycles. The molecule has 0 radical (unpaired) electrons. The summed E-state index contributed by atoms with van der Waals surface area (Å²) in [6.45, 7) is 4.21. The zero-order valence-corrected chi connectivity index (χ0v) is 14.9. The molecule has 0 aliphatic rings. The summed E-state index contributed by atoms with van der Waals surface area (Å²) < 4.78 is 10.7. The van der Waals surface area contributed by atoms with Gasteiger partial charge in [-0.15, -0.1) is 0 Å². The Morgan fingerprint density at radius 1 is 1.15 bits per heavy atom. The number of nitrogens with one attached hydrogen (secondary N) is 1. The normalized spacial score (nSPS) is 10.6. The lowest BCUT2D eigenvalue weighted by Crippen LogP contribution is -2.10. The number of aromatic carboxylic acids is 1. The minimum absolute atomic E-state index is 0.117. The lowest BCUT2D eigenvalue weighted by Gasteiger charge is -2.09. The van der Waals surface area contributed by atoms with E-state index in [9.17, 15) is 9.59 Å². The number of ether oxygens (including phenoxy) is 2. The fourth-order valence-corrected chi connectivity index (χ4v) is 2.30. The number of methoxy groups -OCH3 is 1. The first-order chi connectivity index (χ1) is 12.4. The molecule has 2 N–H and O–H groups in total. The predicted octanol–water partition coefficient (Wildman–Crippen LogP) is 3.75. The van der Waals surface area contributed by atoms with Gasteiger partial charge in [0.15, 0.2) is 11.5 Å². The number of carbonyl (C=O) groups excluding carboxylic acids is 1. The number of anilines is 1. The predicted molar refractivity (Wildman–Crippen MR) is 100.0 cm³/mol. The molecule has 0 saturated heterocycles. The highest BCUT2D eigenvalue weighted by Gasteiger charge is 2.08. The Labute approximate surface area is 152 Å². The summed E-state index contributed by atoms with van der Waals surface area (Å²) >= 11 is 0. The van der Waals surface area contributed by atoms with Gasteiger partial charge in [0.25, 0.3) is 0 Å². The Morgan fingerprint density at radius 3 is 2.58 bits per heavy atom. The molecule has 6 heteroatoms. The molecule has 2 aromatic carbocycles. The Balaban J connectivity index is 2.12. The SMILES string of the molecule is CCOc1ccc(/C=C/C(=O)Nc2cc(C(=O)O)ccc2C)cc1OC. The Hall–Kier alpha value is -3.28. The largest absolute Gasteiger partial charge is 0.493 e. The highest BCUT2D eigenvalue weighted by molar-refractivity contribution is 6.03. The summed E-state index contributed by atoms with van der Waals surface area (Å²) in [6, 6.07) is 9.94. The standard InChI is InChI=1S/C20H21NO5/c1-4-26-17-9-6-14(11-18(17)25-3)7-10-19(22)21-16-12-15(20(23)24)8-5-13(16)2/h5-12H,4H2,1-3H3,(H,21,22)(H,23,24)/b10-7+. The molecule has 0 spiro atoms. The molecule has 0 fully saturated rings. The zero-order valence-electron chi connectivity index (χ0n) is 14.9. The van der Waals surface area contributed by atoms with Crippen LogP contribution in [0.1, 0.15) is 28.4 Å². The fraction of sp³-hybridized carbons (Fsp3) is 0.200. The molecule has 0 saturated carbocycles. The van der Waals surface area contributed by atoms with Crippen LogP contribution in [0, 0.1) is 6.92 Å². The molecule has 0 unspecified atom stereocenters. The van der Waals surface area contributed by atoms with Gasteiger partial charge in [-0.1, -0.05) is 12.1 Å². The molecule has 6 nitrogen and oxygen atoms in total. The van der Waals surface area contributed by atoms with Crippen LogP contribution in [0.15, 0.2) is 42.5 Å². The fourth-order valence-electron chi connectivity index (χ4n) is 2.30. The summed E-state index contributed by atoms with van der Waals surface area (Å²) in [5.41, 5.74) is 2.13. The summed E-state index contributed by atoms with van der Waals surface area (Å²) in [7, 11) is 1.55. The number of hydrogen-bond acceptors (Lipinski definition) is 4. The molecule has 1 amide bonds. The molecule has 2 aromatic rings. The molecule has 26 heavy (non-hydrogen) atoms. The van der Waals surface area contributed by atoms with Crippen molar-refractivity contribution >= 4 is 23.6 Å². The molecule has 0 aliphatic heterocycles. The van der Waals surface area contributed by atoms with E-state index in [0.29, 0.717) is 23.8 Å². The number of carboxylic acid groups (broad SMARTS) is 1. The van der Waals surface area contributed by atoms with Crippen molar-refractivity contribution in [3.8, 4) is 11.5 Å². The van der Waals surface area contributed by atoms with Crippen molar-refractivity contribution < 1.29 is 24.2 Å². The quantitative estimate of drug-likeness (QED) is 0.739. The molecule has 2 rings (SSSR count). The lowest BCUT2D eigenvalue weighted by molar-refractivity contribution is -0.111. The van der Waals surface area contributed by atoms with Crippen LogP contribution in [0.25, 0.3) is 6.08 Å². The Morgan fingerprint density at radius 2 is 1.92 bits per heavy atom. The number of carbonyl (C=O) groups is 2. The number of aryl methyl sites for hydroxylation is 1. The van der Waals surface area contributed by atoms with Crippen molar-refractivity contribution in [1.82, 2.24) is 0 Å². The summed E-state index contributed by atoms with van der Waals surface area (Å²) in [6.07, 6.45) is 3.02. The summed E-state index contributed by atoms with van der Waals surface area (Å²) in [4.78, 5) is 23.2. The van der Waals surface area contributed by atoms with Crippen LogP contribution in [0.2, 0.25) is 0 Å². The van der Waals surface area contributed by atoms with Gasteiger partial charge in [-0.2, -0.15) is 0 Å². The maximum Gasteiger partial charge on any atom is 0.335 e. The van der Waals surface area contributed by atoms with E-state index in [1.54, 1.807) is 38.3 Å². The number of hydrogen-bond donors (Lipinski definition) is 2. The van der Waals surface area contributed by atoms with Crippen molar-refractivity contribution in [2.75, 3.05) is 19.0 Å². The molecule has 136 valence electrons. The monoisotopic (exact) mass is 355 g/mol. The number of benzene rings is 2. The number of amides is 1. The van der Waals surface area contributed by atoms with Gasteiger partial charge in [-0.05, 0) is 55.3 Å². The van der Waals surface area contributed by atoms with Gasteiger partial charge in [-0.25, -0.2) is 4.79 Å². The minimum Gasteiger partial charge on any atom is -0.493 e. The van der Waals surface area contributed by atoms with Crippen molar-refractivity contribution in [2.24, 2.45) is 0 Å². The van der Waals surface area contributed by atoms with Gasteiger partial charge < -0.3 is 19.9 Å². The van der Waals surface area contributed by atoms with Crippen molar-refractivity contribution in [1.29, 1.82) is 0 Å². The van der Waals surface area contributed by atoms with E-state index >= 15 is 0 Å². The van der Waals surface area contributed by atoms with Crippen LogP contribution >= 0.6 is 0 Å². The van der Waals surface area contributed by atoms with E-state index in [0.717, 1.165) is 11.1 Å². The van der Waals surface area contributed by atoms with Gasteiger partial charge in [0.1, 0.15) is 0 Å². The third-order valence-corrected chi connectivity index (χ3v) is 3.66. The van der Waals surface area contributed by atoms with E-state index < -0.39 is 5.97 Å². The van der Waals surface area contributed by atoms with Crippen LogP contribution in [0.3, 0.4) is 0 Å². The van der Waals surface area contributed by atoms with Crippen molar-refractivity contribution in [2.45, 2.75) is 13.8 Å². The smallest absolute Gasteiger partial charge is 0.335 e. The number of carboxylic acids is 1. The van der Waals surface area contributed by atoms with E-state index in [4.69, 9.17) is 14.6 Å². The highest BCUT2D eigenvalue weighted by atomic mass is 16.5. The van der Waals surface area contributed by atoms with Crippen LogP contribution in [0.4, 0.5) is 5.69 Å². The molecule has 0 aromatic heterocycles. The van der Waals surface area contributed by atoms with Crippen molar-refractivity contribution in [3.05, 3.63) is 59.2 Å². The second-order valence-electron chi connectivity index (χ2n) is 5.50. The van der Waals surface area contributed by atoms with Crippen LogP contribution in [-0.4, -0.2) is 30.7 Å². The second-order valence-corrected chi connectivity index (χ2v) is 5.50. The average molecular weight is 355 g/mol. The topological polar surface area (TPSA) is 84.9 Å². The Bertz CT molecular complexity index is 842. The van der Waals surface area contributed by atoms with Crippen molar-refractivity contribution in [3.63, 3.8) is 0 Å². The minimum atomic E-state index is -1.04. The summed E-state index contributed by atoms with van der Waals surface area (Å²) in [5, 5.41) is 11.7. The first-order valence-electron chi connectivity index (χ1n) is 8.08. The third-order valence-electron chi connectivity index (χ3n) is 3.66. The van der Waals surface area contributed by atoms with E-state index in [-0.39, 0.29) is 11.5 Å². The molecule has 0 bridgehead atoms. The second kappa shape index (κ2) is 8.71. The van der Waals surface area contributed by atoms with E-state index in [1.807, 2.05) is 13.0 Å². The first kappa shape index (κ1) is 19.1. The van der Waals surface area contributed by atoms with Gasteiger partial charge in [0.2, 0.25) is 5.91 Å². The first-order valence-corrected chi connectivity index (χ1v) is 8.08. The van der Waals surface area contributed by atoms with Crippen LogP contribution in [0.5, 0.6) is 11.5 Å². The highest BCUT2D eigenvalue weighted by Crippen LogP contribution is 2.28. The maximum absolute atomic E-state index is 12.1. The van der Waals surface area contributed by atoms with Gasteiger partial charge in [0, 0.05) is 11.8 Å². The third kappa shape index (κ3) is 4.86. The van der Waals surface area contributed by atoms with E-state index in [2.05, 4.69) is 5.32 Å². The Kier molecular flexibility index (Phi) is 6.38. The maximum atomic E-state index is 12.1. The molecular weight excluding hydrogens is 334 g/mol. The molecular formula is C20H21NO5. The zero-order chi connectivity index (χ0) is 19.1. The summed E-state index contributed by atoms with van der Waals surface area (Å²) in [5.74, 6) is -0.182. The van der Waals surface area contributed by atoms with Gasteiger partial charge >= 0.3 is 5.97 Å². The van der Waals surface area contributed by atoms with Gasteiger partial charge in [-0.3, -0.25) is 4.79 Å². The lowest BCUT2D eigenvalue weighted by atomic mass is 10.1. The number of rotatable bonds is 7. The van der Waals surface area contributed by atoms with Gasteiger partial charge in [0.05, 0.1) is 19.3 Å². The molecule has 0 atom stereocenters.